The third kappa shape index (κ3) is 5.18. The van der Waals surface area contributed by atoms with Gasteiger partial charge in [0.15, 0.2) is 5.03 Å². The van der Waals surface area contributed by atoms with E-state index in [4.69, 9.17) is 4.78 Å². The van der Waals surface area contributed by atoms with Crippen molar-refractivity contribution < 1.29 is 36.2 Å². The summed E-state index contributed by atoms with van der Waals surface area (Å²) in [5.41, 5.74) is -3.39. The molecule has 0 aliphatic heterocycles. The maximum atomic E-state index is 14.3. The van der Waals surface area contributed by atoms with Crippen LogP contribution in [0.4, 0.5) is 22.0 Å². The monoisotopic (exact) mass is 535 g/mol. The van der Waals surface area contributed by atoms with Gasteiger partial charge in [-0.1, -0.05) is 19.8 Å². The number of carbonyl (C=O) groups excluding carboxylic acids is 1. The van der Waals surface area contributed by atoms with E-state index in [0.29, 0.717) is 30.4 Å². The minimum absolute atomic E-state index is 0.230. The molecular weight excluding hydrogens is 509 g/mol. The molecule has 1 amide bonds. The fraction of sp³-hybridized carbons (Fsp3) is 0.591. The molecule has 2 aromatic heterocycles. The minimum atomic E-state index is -4.95. The van der Waals surface area contributed by atoms with Gasteiger partial charge >= 0.3 is 6.18 Å². The van der Waals surface area contributed by atoms with Gasteiger partial charge in [-0.05, 0) is 24.3 Å². The molecule has 2 N–H and O–H groups in total. The number of nitrogens with zero attached hydrogens (tertiary/aromatic N) is 4. The maximum absolute atomic E-state index is 14.3. The van der Waals surface area contributed by atoms with Gasteiger partial charge in [0.1, 0.15) is 11.3 Å². The molecule has 0 aromatic carbocycles. The first-order valence-corrected chi connectivity index (χ1v) is 13.3. The highest BCUT2D eigenvalue weighted by Crippen LogP contribution is 2.53. The summed E-state index contributed by atoms with van der Waals surface area (Å²) in [6, 6.07) is 2.07. The van der Waals surface area contributed by atoms with Crippen LogP contribution in [0, 0.1) is 10.2 Å². The van der Waals surface area contributed by atoms with Crippen LogP contribution in [0.3, 0.4) is 0 Å². The Morgan fingerprint density at radius 1 is 1.31 bits per heavy atom. The number of nitrogens with one attached hydrogen (secondary N) is 1. The van der Waals surface area contributed by atoms with Gasteiger partial charge in [-0.2, -0.15) is 23.0 Å². The Labute approximate surface area is 203 Å². The van der Waals surface area contributed by atoms with Crippen molar-refractivity contribution in [2.45, 2.75) is 75.0 Å². The van der Waals surface area contributed by atoms with Gasteiger partial charge in [-0.25, -0.2) is 22.8 Å². The van der Waals surface area contributed by atoms with Crippen LogP contribution in [0.1, 0.15) is 73.1 Å². The van der Waals surface area contributed by atoms with Crippen LogP contribution < -0.4 is 5.36 Å². The molecule has 0 bridgehead atoms. The first-order chi connectivity index (χ1) is 16.5. The second kappa shape index (κ2) is 8.67. The highest BCUT2D eigenvalue weighted by molar-refractivity contribution is 7.91. The van der Waals surface area contributed by atoms with Gasteiger partial charge in [0.05, 0.1) is 20.8 Å². The van der Waals surface area contributed by atoms with Gasteiger partial charge in [-0.15, -0.1) is 0 Å². The van der Waals surface area contributed by atoms with Crippen molar-refractivity contribution in [2.75, 3.05) is 6.26 Å². The Hall–Kier alpha value is -2.77. The van der Waals surface area contributed by atoms with Crippen LogP contribution in [-0.2, 0) is 22.5 Å². The third-order valence-corrected chi connectivity index (χ3v) is 7.73. The van der Waals surface area contributed by atoms with Crippen molar-refractivity contribution in [2.24, 2.45) is 10.4 Å². The molecular formula is C22H26F5N5O3S. The number of amides is 1. The highest BCUT2D eigenvalue weighted by Gasteiger charge is 2.54. The number of pyridine rings is 1. The van der Waals surface area contributed by atoms with Gasteiger partial charge in [-0.3, -0.25) is 9.48 Å². The Kier molecular flexibility index (Phi) is 6.33. The van der Waals surface area contributed by atoms with E-state index in [1.54, 1.807) is 0 Å². The van der Waals surface area contributed by atoms with Crippen LogP contribution in [0.2, 0.25) is 0 Å². The van der Waals surface area contributed by atoms with Crippen molar-refractivity contribution in [3.8, 4) is 0 Å². The van der Waals surface area contributed by atoms with Gasteiger partial charge in [0.25, 0.3) is 5.91 Å². The standard InChI is InChI=1S/C22H26F5N5O3S/c1-20(10-21(23,24)11-20)12-31-18(16(22(25,26)27)17(30-31)13-5-3-4-6-13)19(33)29-14-7-8-32(34)15(9-14)36(2,28)35/h7-9,13,28,34H,3-6,10-12H2,1-2H3. The lowest BCUT2D eigenvalue weighted by atomic mass is 9.67. The third-order valence-electron chi connectivity index (χ3n) is 6.62. The fourth-order valence-electron chi connectivity index (χ4n) is 5.24. The molecule has 14 heteroatoms. The summed E-state index contributed by atoms with van der Waals surface area (Å²) in [5, 5.41) is 13.3. The number of rotatable bonds is 5. The second-order valence-corrected chi connectivity index (χ2v) is 12.2. The number of halogens is 5. The van der Waals surface area contributed by atoms with Crippen LogP contribution in [0.5, 0.6) is 0 Å². The summed E-state index contributed by atoms with van der Waals surface area (Å²) < 4.78 is 91.2. The van der Waals surface area contributed by atoms with Crippen LogP contribution >= 0.6 is 0 Å². The smallest absolute Gasteiger partial charge is 0.420 e. The highest BCUT2D eigenvalue weighted by atomic mass is 32.2. The van der Waals surface area contributed by atoms with Gasteiger partial charge in [0, 0.05) is 43.8 Å². The Balaban J connectivity index is 1.87. The van der Waals surface area contributed by atoms with E-state index in [2.05, 4.69) is 10.1 Å². The zero-order valence-electron chi connectivity index (χ0n) is 19.6. The lowest BCUT2D eigenvalue weighted by molar-refractivity contribution is -0.160. The van der Waals surface area contributed by atoms with Crippen LogP contribution in [0.25, 0.3) is 0 Å². The van der Waals surface area contributed by atoms with E-state index in [9.17, 15) is 36.2 Å². The number of carbonyl (C=O) groups is 1. The summed E-state index contributed by atoms with van der Waals surface area (Å²) in [6.45, 7) is 1.19. The van der Waals surface area contributed by atoms with Crippen molar-refractivity contribution in [1.82, 2.24) is 14.5 Å². The molecule has 2 heterocycles. The summed E-state index contributed by atoms with van der Waals surface area (Å²) in [5.74, 6) is -4.75. The quantitative estimate of drug-likeness (QED) is 0.423. The number of aromatic nitrogens is 3. The van der Waals surface area contributed by atoms with E-state index >= 15 is 0 Å². The molecule has 2 saturated carbocycles. The van der Waals surface area contributed by atoms with Crippen molar-refractivity contribution in [1.29, 1.82) is 4.78 Å². The Bertz CT molecular complexity index is 1360. The predicted molar refractivity (Wildman–Crippen MR) is 117 cm³/mol. The zero-order valence-corrected chi connectivity index (χ0v) is 20.4. The second-order valence-electron chi connectivity index (χ2n) is 10.1. The van der Waals surface area contributed by atoms with E-state index < -0.39 is 68.2 Å². The summed E-state index contributed by atoms with van der Waals surface area (Å²) in [4.78, 5) is 17.0. The van der Waals surface area contributed by atoms with Crippen LogP contribution in [-0.4, -0.2) is 42.0 Å². The molecule has 0 spiro atoms. The average Bonchev–Trinajstić information content (AvgIpc) is 3.34. The summed E-state index contributed by atoms with van der Waals surface area (Å²) in [6.07, 6.45) is -1.71. The van der Waals surface area contributed by atoms with Crippen molar-refractivity contribution in [3.05, 3.63) is 40.6 Å². The molecule has 1 atom stereocenters. The number of hydrogen-bond acceptors (Lipinski definition) is 5. The van der Waals surface area contributed by atoms with E-state index in [1.165, 1.54) is 6.92 Å². The molecule has 2 aliphatic rings. The maximum Gasteiger partial charge on any atom is 0.420 e. The molecule has 2 aromatic rings. The normalized spacial score (nSPS) is 21.8. The average molecular weight is 536 g/mol. The zero-order chi connectivity index (χ0) is 26.7. The number of hydrogen-bond donors (Lipinski definition) is 2. The van der Waals surface area contributed by atoms with E-state index in [1.807, 2.05) is 0 Å². The molecule has 0 radical (unpaired) electrons. The lowest BCUT2D eigenvalue weighted by Crippen LogP contribution is -2.47. The largest absolute Gasteiger partial charge is 0.428 e. The minimum Gasteiger partial charge on any atom is -0.428 e. The lowest BCUT2D eigenvalue weighted by Gasteiger charge is -2.44. The molecule has 2 fully saturated rings. The molecule has 4 rings (SSSR count). The summed E-state index contributed by atoms with van der Waals surface area (Å²) in [7, 11) is -3.46. The molecule has 2 aliphatic carbocycles. The van der Waals surface area contributed by atoms with E-state index in [0.717, 1.165) is 29.3 Å². The first-order valence-electron chi connectivity index (χ1n) is 11.3. The Morgan fingerprint density at radius 3 is 2.44 bits per heavy atom. The fourth-order valence-corrected chi connectivity index (χ4v) is 6.00. The first kappa shape index (κ1) is 26.3. The SMILES string of the molecule is CC1(Cn2nc(C3CCCC3)c(C(F)(F)F)c2C(=O)N=c2ccn(O)c(S(C)(=N)=O)c2)CC(F)(F)C1. The number of alkyl halides is 5. The Morgan fingerprint density at radius 2 is 1.92 bits per heavy atom. The van der Waals surface area contributed by atoms with E-state index in [-0.39, 0.29) is 17.6 Å². The van der Waals surface area contributed by atoms with Gasteiger partial charge < -0.3 is 5.21 Å². The molecule has 198 valence electrons. The van der Waals surface area contributed by atoms with Crippen molar-refractivity contribution in [3.63, 3.8) is 0 Å². The van der Waals surface area contributed by atoms with Gasteiger partial charge in [0.2, 0.25) is 5.92 Å². The topological polar surface area (TPSA) is 113 Å². The molecule has 36 heavy (non-hydrogen) atoms. The van der Waals surface area contributed by atoms with Crippen LogP contribution in [0.15, 0.2) is 28.3 Å². The predicted octanol–water partition coefficient (Wildman–Crippen LogP) is 4.81. The van der Waals surface area contributed by atoms with Crippen molar-refractivity contribution >= 4 is 15.6 Å². The summed E-state index contributed by atoms with van der Waals surface area (Å²) >= 11 is 0. The molecule has 8 nitrogen and oxygen atoms in total. The molecule has 1 unspecified atom stereocenters. The molecule has 0 saturated heterocycles.